The molecular weight excluding hydrogens is 352 g/mol. The summed E-state index contributed by atoms with van der Waals surface area (Å²) in [5, 5.41) is 23.3. The molecule has 0 spiro atoms. The normalized spacial score (nSPS) is 12.9. The van der Waals surface area contributed by atoms with Gasteiger partial charge in [-0.1, -0.05) is 25.4 Å². The van der Waals surface area contributed by atoms with E-state index in [0.717, 1.165) is 27.4 Å². The van der Waals surface area contributed by atoms with Crippen molar-refractivity contribution in [1.82, 2.24) is 20.0 Å². The number of H-pyrrole nitrogens is 1. The fraction of sp³-hybridized carbons (Fsp3) is 0.211. The Hall–Kier alpha value is -2.86. The molecule has 132 valence electrons. The number of hydrogen-bond acceptors (Lipinski definition) is 3. The number of carboxylic acid groups (broad SMARTS) is 1. The summed E-state index contributed by atoms with van der Waals surface area (Å²) in [5.41, 5.74) is 3.06. The first-order valence-corrected chi connectivity index (χ1v) is 8.66. The quantitative estimate of drug-likeness (QED) is 0.555. The van der Waals surface area contributed by atoms with Gasteiger partial charge in [-0.25, -0.2) is 4.79 Å². The maximum atomic E-state index is 11.2. The third-order valence-electron chi connectivity index (χ3n) is 4.60. The maximum Gasteiger partial charge on any atom is 0.335 e. The van der Waals surface area contributed by atoms with Crippen LogP contribution in [0.5, 0.6) is 0 Å². The third-order valence-corrected chi connectivity index (χ3v) is 4.82. The Morgan fingerprint density at radius 3 is 2.73 bits per heavy atom. The minimum Gasteiger partial charge on any atom is -0.478 e. The first kappa shape index (κ1) is 16.6. The largest absolute Gasteiger partial charge is 0.478 e. The zero-order valence-corrected chi connectivity index (χ0v) is 15.0. The van der Waals surface area contributed by atoms with E-state index in [1.165, 1.54) is 0 Å². The number of carbonyl (C=O) groups is 1. The van der Waals surface area contributed by atoms with E-state index in [1.54, 1.807) is 30.6 Å². The zero-order chi connectivity index (χ0) is 18.4. The van der Waals surface area contributed by atoms with Crippen molar-refractivity contribution in [2.75, 3.05) is 0 Å². The fourth-order valence-electron chi connectivity index (χ4n) is 3.46. The van der Waals surface area contributed by atoms with E-state index in [2.05, 4.69) is 29.1 Å². The predicted octanol–water partition coefficient (Wildman–Crippen LogP) is 4.51. The first-order chi connectivity index (χ1) is 12.5. The van der Waals surface area contributed by atoms with Crippen LogP contribution in [0, 0.1) is 5.92 Å². The molecule has 0 aliphatic rings. The summed E-state index contributed by atoms with van der Waals surface area (Å²) in [6.45, 7) is 4.24. The van der Waals surface area contributed by atoms with E-state index >= 15 is 0 Å². The molecule has 7 heteroatoms. The van der Waals surface area contributed by atoms with Gasteiger partial charge in [0.2, 0.25) is 0 Å². The van der Waals surface area contributed by atoms with Crippen molar-refractivity contribution in [3.63, 3.8) is 0 Å². The van der Waals surface area contributed by atoms with Crippen molar-refractivity contribution in [3.8, 4) is 0 Å². The Morgan fingerprint density at radius 2 is 2.00 bits per heavy atom. The second kappa shape index (κ2) is 6.14. The van der Waals surface area contributed by atoms with Crippen LogP contribution in [0.4, 0.5) is 0 Å². The van der Waals surface area contributed by atoms with Crippen molar-refractivity contribution >= 4 is 39.4 Å². The van der Waals surface area contributed by atoms with Crippen molar-refractivity contribution in [2.24, 2.45) is 5.92 Å². The minimum absolute atomic E-state index is 0.0789. The summed E-state index contributed by atoms with van der Waals surface area (Å²) in [7, 11) is 0. The number of benzene rings is 2. The topological polar surface area (TPSA) is 83.8 Å². The summed E-state index contributed by atoms with van der Waals surface area (Å²) in [5.74, 6) is -0.726. The fourth-order valence-corrected chi connectivity index (χ4v) is 3.70. The van der Waals surface area contributed by atoms with Crippen LogP contribution in [0.25, 0.3) is 21.8 Å². The molecule has 4 aromatic rings. The summed E-state index contributed by atoms with van der Waals surface area (Å²) in [6.07, 6.45) is 3.45. The Morgan fingerprint density at radius 1 is 1.19 bits per heavy atom. The van der Waals surface area contributed by atoms with E-state index in [1.807, 2.05) is 16.8 Å². The van der Waals surface area contributed by atoms with E-state index in [9.17, 15) is 9.90 Å². The highest BCUT2D eigenvalue weighted by Crippen LogP contribution is 2.35. The van der Waals surface area contributed by atoms with Gasteiger partial charge in [-0.2, -0.15) is 10.2 Å². The van der Waals surface area contributed by atoms with Gasteiger partial charge in [-0.3, -0.25) is 9.78 Å². The number of fused-ring (bicyclic) bond motifs is 2. The van der Waals surface area contributed by atoms with Crippen LogP contribution in [-0.4, -0.2) is 31.1 Å². The molecule has 0 fully saturated rings. The average molecular weight is 369 g/mol. The number of nitrogens with one attached hydrogen (secondary N) is 1. The van der Waals surface area contributed by atoms with Gasteiger partial charge in [0.15, 0.2) is 0 Å². The molecule has 0 saturated carbocycles. The summed E-state index contributed by atoms with van der Waals surface area (Å²) in [4.78, 5) is 11.2. The van der Waals surface area contributed by atoms with Crippen LogP contribution in [0.3, 0.4) is 0 Å². The highest BCUT2D eigenvalue weighted by atomic mass is 35.5. The van der Waals surface area contributed by atoms with Gasteiger partial charge in [0.1, 0.15) is 0 Å². The lowest BCUT2D eigenvalue weighted by molar-refractivity contribution is 0.0697. The highest BCUT2D eigenvalue weighted by molar-refractivity contribution is 6.31. The molecule has 1 unspecified atom stereocenters. The molecule has 0 aliphatic carbocycles. The summed E-state index contributed by atoms with van der Waals surface area (Å²) < 4.78 is 1.93. The van der Waals surface area contributed by atoms with Gasteiger partial charge in [0.25, 0.3) is 0 Å². The number of aromatic amines is 1. The second-order valence-corrected chi connectivity index (χ2v) is 7.12. The number of rotatable bonds is 4. The molecule has 0 saturated heterocycles. The summed E-state index contributed by atoms with van der Waals surface area (Å²) in [6, 6.07) is 8.78. The van der Waals surface area contributed by atoms with Gasteiger partial charge < -0.3 is 5.11 Å². The van der Waals surface area contributed by atoms with Crippen LogP contribution in [-0.2, 0) is 0 Å². The minimum atomic E-state index is -0.950. The SMILES string of the molecule is CC(C)C(c1cc(Cl)cc2cn[nH]c12)n1ncc2cc(C(=O)O)ccc21. The van der Waals surface area contributed by atoms with Gasteiger partial charge >= 0.3 is 5.97 Å². The molecule has 0 radical (unpaired) electrons. The number of aromatic carboxylic acids is 1. The number of aromatic nitrogens is 4. The maximum absolute atomic E-state index is 11.2. The van der Waals surface area contributed by atoms with Crippen molar-refractivity contribution in [2.45, 2.75) is 19.9 Å². The van der Waals surface area contributed by atoms with Crippen molar-refractivity contribution in [3.05, 3.63) is 58.9 Å². The highest BCUT2D eigenvalue weighted by Gasteiger charge is 2.24. The number of nitrogens with zero attached hydrogens (tertiary/aromatic N) is 3. The van der Waals surface area contributed by atoms with Crippen LogP contribution < -0.4 is 0 Å². The number of halogens is 1. The lowest BCUT2D eigenvalue weighted by Gasteiger charge is -2.24. The van der Waals surface area contributed by atoms with Crippen LogP contribution in [0.1, 0.15) is 35.8 Å². The molecule has 4 rings (SSSR count). The Bertz CT molecular complexity index is 1130. The standard InChI is InChI=1S/C19H17ClN4O2/c1-10(2)18(15-7-14(20)6-13-8-21-23-17(13)15)24-16-4-3-11(19(25)26)5-12(16)9-22-24/h3-10,18H,1-2H3,(H,21,23)(H,25,26). The average Bonchev–Trinajstić information content (AvgIpc) is 3.21. The third kappa shape index (κ3) is 2.63. The zero-order valence-electron chi connectivity index (χ0n) is 14.3. The molecule has 0 bridgehead atoms. The van der Waals surface area contributed by atoms with Gasteiger partial charge in [-0.15, -0.1) is 0 Å². The molecule has 0 amide bonds. The lowest BCUT2D eigenvalue weighted by Crippen LogP contribution is -2.18. The number of carboxylic acids is 1. The Labute approximate surface area is 154 Å². The molecule has 2 aromatic heterocycles. The van der Waals surface area contributed by atoms with Gasteiger partial charge in [0, 0.05) is 21.4 Å². The Kier molecular flexibility index (Phi) is 3.92. The molecule has 1 atom stereocenters. The molecule has 2 heterocycles. The summed E-state index contributed by atoms with van der Waals surface area (Å²) >= 11 is 6.33. The van der Waals surface area contributed by atoms with Crippen LogP contribution in [0.2, 0.25) is 5.02 Å². The molecular formula is C19H17ClN4O2. The van der Waals surface area contributed by atoms with Crippen molar-refractivity contribution < 1.29 is 9.90 Å². The van der Waals surface area contributed by atoms with E-state index in [4.69, 9.17) is 11.6 Å². The lowest BCUT2D eigenvalue weighted by atomic mass is 9.94. The van der Waals surface area contributed by atoms with E-state index < -0.39 is 5.97 Å². The van der Waals surface area contributed by atoms with Crippen LogP contribution >= 0.6 is 11.6 Å². The van der Waals surface area contributed by atoms with E-state index in [0.29, 0.717) is 5.02 Å². The predicted molar refractivity (Wildman–Crippen MR) is 101 cm³/mol. The monoisotopic (exact) mass is 368 g/mol. The van der Waals surface area contributed by atoms with Crippen molar-refractivity contribution in [1.29, 1.82) is 0 Å². The van der Waals surface area contributed by atoms with E-state index in [-0.39, 0.29) is 17.5 Å². The van der Waals surface area contributed by atoms with Gasteiger partial charge in [-0.05, 0) is 36.2 Å². The number of hydrogen-bond donors (Lipinski definition) is 2. The van der Waals surface area contributed by atoms with Crippen LogP contribution in [0.15, 0.2) is 42.7 Å². The first-order valence-electron chi connectivity index (χ1n) is 8.29. The molecule has 2 N–H and O–H groups in total. The molecule has 2 aromatic carbocycles. The molecule has 0 aliphatic heterocycles. The second-order valence-electron chi connectivity index (χ2n) is 6.69. The van der Waals surface area contributed by atoms with Gasteiger partial charge in [0.05, 0.1) is 35.0 Å². The Balaban J connectivity index is 1.94. The molecule has 26 heavy (non-hydrogen) atoms. The smallest absolute Gasteiger partial charge is 0.335 e. The molecule has 6 nitrogen and oxygen atoms in total.